The van der Waals surface area contributed by atoms with Crippen LogP contribution < -0.4 is 0 Å². The zero-order chi connectivity index (χ0) is 16.8. The minimum absolute atomic E-state index is 0.399. The minimum Gasteiger partial charge on any atom is -0.387 e. The maximum Gasteiger partial charge on any atom is 0.0991 e. The monoisotopic (exact) mass is 328 g/mol. The first-order chi connectivity index (χ1) is 11.7. The number of aliphatic hydroxyl groups excluding tert-OH is 1. The first-order valence-corrected chi connectivity index (χ1v) is 9.30. The lowest BCUT2D eigenvalue weighted by molar-refractivity contribution is -0.0591. The van der Waals surface area contributed by atoms with Crippen molar-refractivity contribution in [3.63, 3.8) is 0 Å². The van der Waals surface area contributed by atoms with Crippen molar-refractivity contribution in [2.24, 2.45) is 0 Å². The number of likely N-dealkylation sites (tertiary alicyclic amines) is 1. The van der Waals surface area contributed by atoms with Gasteiger partial charge in [0, 0.05) is 19.6 Å². The van der Waals surface area contributed by atoms with E-state index in [1.165, 1.54) is 32.1 Å². The van der Waals surface area contributed by atoms with Crippen LogP contribution in [0.5, 0.6) is 0 Å². The van der Waals surface area contributed by atoms with Crippen LogP contribution in [0.3, 0.4) is 0 Å². The molecular formula is C20H28N2O2. The average molecular weight is 328 g/mol. The molecule has 0 amide bonds. The fraction of sp³-hybridized carbons (Fsp3) is 0.650. The lowest BCUT2D eigenvalue weighted by Gasteiger charge is -2.35. The molecule has 130 valence electrons. The van der Waals surface area contributed by atoms with Gasteiger partial charge in [-0.25, -0.2) is 0 Å². The van der Waals surface area contributed by atoms with Gasteiger partial charge in [-0.2, -0.15) is 5.26 Å². The Bertz CT molecular complexity index is 538. The molecule has 1 unspecified atom stereocenters. The molecule has 1 heterocycles. The normalized spacial score (nSPS) is 22.2. The number of nitrogens with zero attached hydrogens (tertiary/aromatic N) is 2. The largest absolute Gasteiger partial charge is 0.387 e. The zero-order valence-electron chi connectivity index (χ0n) is 14.4. The molecule has 1 N–H and O–H groups in total. The molecule has 4 heteroatoms. The van der Waals surface area contributed by atoms with Crippen molar-refractivity contribution >= 4 is 0 Å². The standard InChI is InChI=1S/C20H28N2O2/c21-14-16-6-8-17(9-7-16)20(23)15-22-12-10-19(11-13-22)24-18-4-2-1-3-5-18/h6-9,18-20,23H,1-5,10-13,15H2. The predicted octanol–water partition coefficient (Wildman–Crippen LogP) is 3.41. The van der Waals surface area contributed by atoms with Gasteiger partial charge in [0.25, 0.3) is 0 Å². The van der Waals surface area contributed by atoms with E-state index in [1.807, 2.05) is 12.1 Å². The van der Waals surface area contributed by atoms with E-state index in [0.29, 0.717) is 24.3 Å². The molecule has 1 aliphatic heterocycles. The Labute approximate surface area is 145 Å². The third-order valence-corrected chi connectivity index (χ3v) is 5.33. The van der Waals surface area contributed by atoms with Crippen molar-refractivity contribution in [2.45, 2.75) is 63.3 Å². The highest BCUT2D eigenvalue weighted by Crippen LogP contribution is 2.25. The minimum atomic E-state index is -0.492. The van der Waals surface area contributed by atoms with Gasteiger partial charge in [0.15, 0.2) is 0 Å². The number of nitriles is 1. The maximum absolute atomic E-state index is 10.4. The Kier molecular flexibility index (Phi) is 6.25. The van der Waals surface area contributed by atoms with Gasteiger partial charge >= 0.3 is 0 Å². The molecule has 3 rings (SSSR count). The van der Waals surface area contributed by atoms with Crippen molar-refractivity contribution in [2.75, 3.05) is 19.6 Å². The number of hydrogen-bond donors (Lipinski definition) is 1. The first kappa shape index (κ1) is 17.4. The van der Waals surface area contributed by atoms with Gasteiger partial charge in [-0.1, -0.05) is 31.4 Å². The second-order valence-electron chi connectivity index (χ2n) is 7.15. The van der Waals surface area contributed by atoms with Crippen molar-refractivity contribution in [3.8, 4) is 6.07 Å². The SMILES string of the molecule is N#Cc1ccc(C(O)CN2CCC(OC3CCCCC3)CC2)cc1. The molecule has 1 aromatic carbocycles. The van der Waals surface area contributed by atoms with Gasteiger partial charge in [0.2, 0.25) is 0 Å². The zero-order valence-corrected chi connectivity index (χ0v) is 14.4. The topological polar surface area (TPSA) is 56.5 Å². The van der Waals surface area contributed by atoms with E-state index in [4.69, 9.17) is 10.00 Å². The fourth-order valence-electron chi connectivity index (χ4n) is 3.83. The number of rotatable bonds is 5. The summed E-state index contributed by atoms with van der Waals surface area (Å²) in [5.41, 5.74) is 1.52. The summed E-state index contributed by atoms with van der Waals surface area (Å²) in [5.74, 6) is 0. The van der Waals surface area contributed by atoms with Crippen LogP contribution in [0.15, 0.2) is 24.3 Å². The number of ether oxygens (including phenoxy) is 1. The second-order valence-corrected chi connectivity index (χ2v) is 7.15. The summed E-state index contributed by atoms with van der Waals surface area (Å²) in [5, 5.41) is 19.2. The van der Waals surface area contributed by atoms with Gasteiger partial charge in [-0.05, 0) is 43.4 Å². The Morgan fingerprint density at radius 1 is 1.04 bits per heavy atom. The smallest absolute Gasteiger partial charge is 0.0991 e. The number of piperidine rings is 1. The van der Waals surface area contributed by atoms with E-state index in [-0.39, 0.29) is 0 Å². The molecule has 2 fully saturated rings. The molecule has 0 bridgehead atoms. The van der Waals surface area contributed by atoms with E-state index in [0.717, 1.165) is 31.5 Å². The number of benzene rings is 1. The van der Waals surface area contributed by atoms with Crippen LogP contribution >= 0.6 is 0 Å². The molecule has 1 saturated carbocycles. The average Bonchev–Trinajstić information content (AvgIpc) is 2.64. The highest BCUT2D eigenvalue weighted by Gasteiger charge is 2.25. The summed E-state index contributed by atoms with van der Waals surface area (Å²) in [4.78, 5) is 2.32. The van der Waals surface area contributed by atoms with Crippen LogP contribution in [0.1, 0.15) is 62.2 Å². The second kappa shape index (κ2) is 8.62. The summed E-state index contributed by atoms with van der Waals surface area (Å²) in [6.45, 7) is 2.64. The molecule has 2 aliphatic rings. The van der Waals surface area contributed by atoms with Gasteiger partial charge in [0.1, 0.15) is 0 Å². The summed E-state index contributed by atoms with van der Waals surface area (Å²) in [6.07, 6.45) is 9.00. The molecule has 1 aromatic rings. The Morgan fingerprint density at radius 3 is 2.29 bits per heavy atom. The molecule has 1 atom stereocenters. The van der Waals surface area contributed by atoms with Crippen molar-refractivity contribution in [3.05, 3.63) is 35.4 Å². The Hall–Kier alpha value is -1.41. The molecular weight excluding hydrogens is 300 g/mol. The highest BCUT2D eigenvalue weighted by atomic mass is 16.5. The van der Waals surface area contributed by atoms with Crippen molar-refractivity contribution < 1.29 is 9.84 Å². The number of aliphatic hydroxyl groups is 1. The molecule has 0 spiro atoms. The third-order valence-electron chi connectivity index (χ3n) is 5.33. The maximum atomic E-state index is 10.4. The summed E-state index contributed by atoms with van der Waals surface area (Å²) in [7, 11) is 0. The van der Waals surface area contributed by atoms with Crippen LogP contribution in [0.2, 0.25) is 0 Å². The van der Waals surface area contributed by atoms with E-state index in [2.05, 4.69) is 11.0 Å². The van der Waals surface area contributed by atoms with E-state index in [9.17, 15) is 5.11 Å². The highest BCUT2D eigenvalue weighted by molar-refractivity contribution is 5.32. The van der Waals surface area contributed by atoms with Crippen LogP contribution in [0, 0.1) is 11.3 Å². The first-order valence-electron chi connectivity index (χ1n) is 9.30. The Morgan fingerprint density at radius 2 is 1.67 bits per heavy atom. The van der Waals surface area contributed by atoms with Gasteiger partial charge in [0.05, 0.1) is 29.9 Å². The van der Waals surface area contributed by atoms with E-state index < -0.39 is 6.10 Å². The van der Waals surface area contributed by atoms with Crippen molar-refractivity contribution in [1.29, 1.82) is 5.26 Å². The van der Waals surface area contributed by atoms with E-state index in [1.54, 1.807) is 12.1 Å². The van der Waals surface area contributed by atoms with Gasteiger partial charge in [-0.15, -0.1) is 0 Å². The Balaban J connectivity index is 1.42. The fourth-order valence-corrected chi connectivity index (χ4v) is 3.83. The number of hydrogen-bond acceptors (Lipinski definition) is 4. The third kappa shape index (κ3) is 4.80. The van der Waals surface area contributed by atoms with Crippen LogP contribution in [-0.2, 0) is 4.74 Å². The molecule has 1 aliphatic carbocycles. The van der Waals surface area contributed by atoms with Crippen LogP contribution in [0.4, 0.5) is 0 Å². The summed E-state index contributed by atoms with van der Waals surface area (Å²) < 4.78 is 6.28. The molecule has 24 heavy (non-hydrogen) atoms. The van der Waals surface area contributed by atoms with Gasteiger partial charge < -0.3 is 14.7 Å². The predicted molar refractivity (Wildman–Crippen MR) is 93.5 cm³/mol. The lowest BCUT2D eigenvalue weighted by atomic mass is 9.97. The van der Waals surface area contributed by atoms with Crippen molar-refractivity contribution in [1.82, 2.24) is 4.90 Å². The van der Waals surface area contributed by atoms with Crippen LogP contribution in [0.25, 0.3) is 0 Å². The quantitative estimate of drug-likeness (QED) is 0.900. The molecule has 4 nitrogen and oxygen atoms in total. The molecule has 0 radical (unpaired) electrons. The summed E-state index contributed by atoms with van der Waals surface area (Å²) in [6, 6.07) is 9.34. The summed E-state index contributed by atoms with van der Waals surface area (Å²) >= 11 is 0. The van der Waals surface area contributed by atoms with E-state index >= 15 is 0 Å². The number of β-amino-alcohol motifs (C(OH)–C–C–N with tert-alkyl or cyclic N) is 1. The van der Waals surface area contributed by atoms with Gasteiger partial charge in [-0.3, -0.25) is 0 Å². The lowest BCUT2D eigenvalue weighted by Crippen LogP contribution is -2.40. The molecule has 1 saturated heterocycles. The molecule has 0 aromatic heterocycles. The van der Waals surface area contributed by atoms with Crippen LogP contribution in [-0.4, -0.2) is 41.8 Å².